The molecule has 0 saturated heterocycles. The number of carbonyl (C=O) groups is 1. The van der Waals surface area contributed by atoms with E-state index in [0.29, 0.717) is 28.5 Å². The van der Waals surface area contributed by atoms with E-state index < -0.39 is 22.0 Å². The Hall–Kier alpha value is -3.37. The Morgan fingerprint density at radius 3 is 2.22 bits per heavy atom. The van der Waals surface area contributed by atoms with Gasteiger partial charge in [-0.2, -0.15) is 4.72 Å². The van der Waals surface area contributed by atoms with Gasteiger partial charge in [0.2, 0.25) is 10.0 Å². The van der Waals surface area contributed by atoms with Crippen molar-refractivity contribution < 1.29 is 27.4 Å². The van der Waals surface area contributed by atoms with E-state index in [1.54, 1.807) is 49.1 Å². The minimum atomic E-state index is -4.01. The highest BCUT2D eigenvalue weighted by atomic mass is 32.2. The van der Waals surface area contributed by atoms with E-state index in [9.17, 15) is 13.2 Å². The van der Waals surface area contributed by atoms with Crippen molar-refractivity contribution >= 4 is 16.0 Å². The van der Waals surface area contributed by atoms with Crippen molar-refractivity contribution in [2.45, 2.75) is 17.9 Å². The maximum absolute atomic E-state index is 13.4. The number of methoxy groups -OCH3 is 3. The van der Waals surface area contributed by atoms with Crippen LogP contribution in [0.1, 0.15) is 33.4 Å². The molecule has 0 spiro atoms. The fourth-order valence-electron chi connectivity index (χ4n) is 3.34. The van der Waals surface area contributed by atoms with Gasteiger partial charge in [0.25, 0.3) is 0 Å². The van der Waals surface area contributed by atoms with Crippen LogP contribution in [-0.4, -0.2) is 45.3 Å². The zero-order valence-corrected chi connectivity index (χ0v) is 19.3. The lowest BCUT2D eigenvalue weighted by molar-refractivity contribution is 0.0600. The van der Waals surface area contributed by atoms with Crippen LogP contribution in [0.15, 0.2) is 53.7 Å². The standard InChI is InChI=1S/C22H25N3O6S/c1-14-10-15(22(26)31-5)6-7-19(14)32(27,28)24-20(21-23-8-9-25(21)2)16-11-17(29-3)13-18(12-16)30-4/h6-13,20,24H,1-5H3. The number of benzene rings is 2. The molecule has 10 heteroatoms. The molecular formula is C22H25N3O6S. The smallest absolute Gasteiger partial charge is 0.337 e. The zero-order chi connectivity index (χ0) is 23.5. The summed E-state index contributed by atoms with van der Waals surface area (Å²) in [6, 6.07) is 8.58. The van der Waals surface area contributed by atoms with Gasteiger partial charge in [0.1, 0.15) is 23.4 Å². The number of nitrogens with zero attached hydrogens (tertiary/aromatic N) is 2. The predicted octanol–water partition coefficient (Wildman–Crippen LogP) is 2.60. The van der Waals surface area contributed by atoms with Crippen LogP contribution in [0.5, 0.6) is 11.5 Å². The summed E-state index contributed by atoms with van der Waals surface area (Å²) in [5.41, 5.74) is 1.26. The van der Waals surface area contributed by atoms with E-state index in [0.717, 1.165) is 0 Å². The van der Waals surface area contributed by atoms with Crippen LogP contribution >= 0.6 is 0 Å². The highest BCUT2D eigenvalue weighted by molar-refractivity contribution is 7.89. The third kappa shape index (κ3) is 4.76. The van der Waals surface area contributed by atoms with Crippen molar-refractivity contribution in [3.8, 4) is 11.5 Å². The highest BCUT2D eigenvalue weighted by Crippen LogP contribution is 2.31. The molecule has 1 atom stereocenters. The summed E-state index contributed by atoms with van der Waals surface area (Å²) in [5.74, 6) is 0.958. The van der Waals surface area contributed by atoms with Crippen molar-refractivity contribution in [3.05, 3.63) is 71.3 Å². The van der Waals surface area contributed by atoms with E-state index in [4.69, 9.17) is 14.2 Å². The number of carbonyl (C=O) groups excluding carboxylic acids is 1. The van der Waals surface area contributed by atoms with Gasteiger partial charge in [0, 0.05) is 25.5 Å². The number of rotatable bonds is 8. The van der Waals surface area contributed by atoms with Gasteiger partial charge in [-0.1, -0.05) is 0 Å². The maximum Gasteiger partial charge on any atom is 0.337 e. The van der Waals surface area contributed by atoms with Gasteiger partial charge in [-0.05, 0) is 48.4 Å². The molecule has 9 nitrogen and oxygen atoms in total. The molecule has 1 N–H and O–H groups in total. The second-order valence-corrected chi connectivity index (χ2v) is 8.75. The van der Waals surface area contributed by atoms with E-state index >= 15 is 0 Å². The van der Waals surface area contributed by atoms with Crippen LogP contribution < -0.4 is 14.2 Å². The minimum absolute atomic E-state index is 0.0409. The Kier molecular flexibility index (Phi) is 6.85. The van der Waals surface area contributed by atoms with Gasteiger partial charge in [-0.3, -0.25) is 0 Å². The fraction of sp³-hybridized carbons (Fsp3) is 0.273. The van der Waals surface area contributed by atoms with E-state index in [-0.39, 0.29) is 10.5 Å². The predicted molar refractivity (Wildman–Crippen MR) is 117 cm³/mol. The number of nitrogens with one attached hydrogen (secondary N) is 1. The third-order valence-electron chi connectivity index (χ3n) is 4.98. The van der Waals surface area contributed by atoms with Crippen LogP contribution in [0.3, 0.4) is 0 Å². The lowest BCUT2D eigenvalue weighted by Crippen LogP contribution is -2.31. The summed E-state index contributed by atoms with van der Waals surface area (Å²) < 4.78 is 46.6. The SMILES string of the molecule is COC(=O)c1ccc(S(=O)(=O)NC(c2cc(OC)cc(OC)c2)c2nccn2C)c(C)c1. The molecule has 0 aliphatic rings. The lowest BCUT2D eigenvalue weighted by atomic mass is 10.1. The zero-order valence-electron chi connectivity index (χ0n) is 18.4. The number of hydrogen-bond donors (Lipinski definition) is 1. The van der Waals surface area contributed by atoms with Crippen LogP contribution in [0.4, 0.5) is 0 Å². The Balaban J connectivity index is 2.08. The molecule has 0 amide bonds. The number of hydrogen-bond acceptors (Lipinski definition) is 7. The lowest BCUT2D eigenvalue weighted by Gasteiger charge is -2.21. The first-order valence-electron chi connectivity index (χ1n) is 9.61. The van der Waals surface area contributed by atoms with E-state index in [2.05, 4.69) is 9.71 Å². The van der Waals surface area contributed by atoms with E-state index in [1.165, 1.54) is 39.5 Å². The Morgan fingerprint density at radius 1 is 1.06 bits per heavy atom. The molecule has 0 radical (unpaired) electrons. The number of esters is 1. The minimum Gasteiger partial charge on any atom is -0.497 e. The van der Waals surface area contributed by atoms with Crippen LogP contribution in [0, 0.1) is 6.92 Å². The van der Waals surface area contributed by atoms with Gasteiger partial charge in [-0.25, -0.2) is 18.2 Å². The molecule has 0 fully saturated rings. The summed E-state index contributed by atoms with van der Waals surface area (Å²) >= 11 is 0. The molecular weight excluding hydrogens is 434 g/mol. The number of sulfonamides is 1. The molecule has 2 aromatic carbocycles. The largest absolute Gasteiger partial charge is 0.497 e. The summed E-state index contributed by atoms with van der Waals surface area (Å²) in [7, 11) is 2.07. The summed E-state index contributed by atoms with van der Waals surface area (Å²) in [6.45, 7) is 1.62. The molecule has 3 aromatic rings. The molecule has 170 valence electrons. The van der Waals surface area contributed by atoms with Crippen LogP contribution in [-0.2, 0) is 21.8 Å². The number of ether oxygens (including phenoxy) is 3. The molecule has 0 aliphatic heterocycles. The van der Waals surface area contributed by atoms with Gasteiger partial charge in [0.05, 0.1) is 31.8 Å². The summed E-state index contributed by atoms with van der Waals surface area (Å²) in [6.07, 6.45) is 3.31. The average molecular weight is 460 g/mol. The van der Waals surface area contributed by atoms with Crippen LogP contribution in [0.2, 0.25) is 0 Å². The Morgan fingerprint density at radius 2 is 1.72 bits per heavy atom. The molecule has 1 aromatic heterocycles. The van der Waals surface area contributed by atoms with Crippen molar-refractivity contribution in [2.24, 2.45) is 7.05 Å². The quantitative estimate of drug-likeness (QED) is 0.516. The second kappa shape index (κ2) is 9.41. The Labute approximate surface area is 187 Å². The monoisotopic (exact) mass is 459 g/mol. The van der Waals surface area contributed by atoms with Crippen molar-refractivity contribution in [1.82, 2.24) is 14.3 Å². The van der Waals surface area contributed by atoms with Gasteiger partial charge >= 0.3 is 5.97 Å². The first-order valence-corrected chi connectivity index (χ1v) is 11.1. The first kappa shape index (κ1) is 23.3. The first-order chi connectivity index (χ1) is 15.2. The molecule has 0 aliphatic carbocycles. The second-order valence-electron chi connectivity index (χ2n) is 7.07. The third-order valence-corrected chi connectivity index (χ3v) is 6.57. The topological polar surface area (TPSA) is 109 Å². The van der Waals surface area contributed by atoms with Gasteiger partial charge < -0.3 is 18.8 Å². The number of aryl methyl sites for hydroxylation is 2. The van der Waals surface area contributed by atoms with Crippen molar-refractivity contribution in [3.63, 3.8) is 0 Å². The molecule has 3 rings (SSSR count). The molecule has 1 unspecified atom stereocenters. The normalized spacial score (nSPS) is 12.3. The summed E-state index contributed by atoms with van der Waals surface area (Å²) in [4.78, 5) is 16.2. The van der Waals surface area contributed by atoms with Crippen molar-refractivity contribution in [1.29, 1.82) is 0 Å². The van der Waals surface area contributed by atoms with Gasteiger partial charge in [0.15, 0.2) is 0 Å². The maximum atomic E-state index is 13.4. The molecule has 0 bridgehead atoms. The molecule has 0 saturated carbocycles. The number of aromatic nitrogens is 2. The molecule has 1 heterocycles. The number of imidazole rings is 1. The van der Waals surface area contributed by atoms with Gasteiger partial charge in [-0.15, -0.1) is 0 Å². The Bertz CT molecular complexity index is 1210. The summed E-state index contributed by atoms with van der Waals surface area (Å²) in [5, 5.41) is 0. The van der Waals surface area contributed by atoms with Crippen molar-refractivity contribution in [2.75, 3.05) is 21.3 Å². The fourth-order valence-corrected chi connectivity index (χ4v) is 4.74. The molecule has 32 heavy (non-hydrogen) atoms. The highest BCUT2D eigenvalue weighted by Gasteiger charge is 2.28. The van der Waals surface area contributed by atoms with E-state index in [1.807, 2.05) is 0 Å². The average Bonchev–Trinajstić information content (AvgIpc) is 3.21. The van der Waals surface area contributed by atoms with Crippen LogP contribution in [0.25, 0.3) is 0 Å².